The van der Waals surface area contributed by atoms with E-state index >= 15 is 0 Å². The number of hydrogen-bond acceptors (Lipinski definition) is 5. The first kappa shape index (κ1) is 21.9. The first-order valence-corrected chi connectivity index (χ1v) is 12.0. The summed E-state index contributed by atoms with van der Waals surface area (Å²) in [4.78, 5) is 12.6. The minimum absolute atomic E-state index is 0.0216. The van der Waals surface area contributed by atoms with Crippen LogP contribution in [0.4, 0.5) is 10.2 Å². The van der Waals surface area contributed by atoms with Gasteiger partial charge in [0.2, 0.25) is 5.91 Å². The second-order valence-corrected chi connectivity index (χ2v) is 10.2. The molecule has 1 aliphatic heterocycles. The maximum atomic E-state index is 13.2. The lowest BCUT2D eigenvalue weighted by molar-refractivity contribution is -0.111. The molecule has 1 amide bonds. The molecule has 1 N–H and O–H groups in total. The van der Waals surface area contributed by atoms with Crippen molar-refractivity contribution in [2.45, 2.75) is 33.2 Å². The topological polar surface area (TPSA) is 98.9 Å². The largest absolute Gasteiger partial charge is 0.307 e. The molecule has 8 nitrogen and oxygen atoms in total. The van der Waals surface area contributed by atoms with Crippen molar-refractivity contribution in [3.05, 3.63) is 64.9 Å². The molecule has 168 valence electrons. The van der Waals surface area contributed by atoms with Crippen molar-refractivity contribution in [3.63, 3.8) is 0 Å². The van der Waals surface area contributed by atoms with Gasteiger partial charge in [0.1, 0.15) is 11.6 Å². The number of aryl methyl sites for hydroxylation is 2. The van der Waals surface area contributed by atoms with Gasteiger partial charge in [0.05, 0.1) is 34.6 Å². The van der Waals surface area contributed by atoms with Gasteiger partial charge in [-0.3, -0.25) is 4.79 Å². The van der Waals surface area contributed by atoms with E-state index in [9.17, 15) is 17.6 Å². The maximum absolute atomic E-state index is 13.2. The Bertz CT molecular complexity index is 1310. The molecule has 1 aromatic carbocycles. The van der Waals surface area contributed by atoms with Gasteiger partial charge in [-0.15, -0.1) is 0 Å². The maximum Gasteiger partial charge on any atom is 0.249 e. The fourth-order valence-corrected chi connectivity index (χ4v) is 5.61. The van der Waals surface area contributed by atoms with Gasteiger partial charge in [0, 0.05) is 23.4 Å². The van der Waals surface area contributed by atoms with Crippen LogP contribution in [0.25, 0.3) is 11.8 Å². The van der Waals surface area contributed by atoms with Crippen LogP contribution >= 0.6 is 0 Å². The molecule has 3 aromatic rings. The Balaban J connectivity index is 1.52. The van der Waals surface area contributed by atoms with Crippen molar-refractivity contribution in [1.29, 1.82) is 0 Å². The zero-order valence-electron chi connectivity index (χ0n) is 18.0. The van der Waals surface area contributed by atoms with Crippen LogP contribution in [0.15, 0.2) is 36.4 Å². The van der Waals surface area contributed by atoms with Gasteiger partial charge in [-0.05, 0) is 57.5 Å². The number of benzene rings is 1. The molecule has 3 heterocycles. The van der Waals surface area contributed by atoms with Crippen molar-refractivity contribution in [1.82, 2.24) is 19.6 Å². The fourth-order valence-electron chi connectivity index (χ4n) is 3.91. The van der Waals surface area contributed by atoms with E-state index in [1.807, 2.05) is 13.8 Å². The molecule has 0 aliphatic carbocycles. The normalized spacial score (nSPS) is 17.8. The van der Waals surface area contributed by atoms with E-state index in [0.29, 0.717) is 17.9 Å². The SMILES string of the molecule is Cc1cc(NC(=O)/C=C/c2c(C)nn(-c3ccc(F)cc3)c2C)n(C2CCS(=O)(=O)C2)n1. The van der Waals surface area contributed by atoms with Gasteiger partial charge in [-0.2, -0.15) is 10.2 Å². The summed E-state index contributed by atoms with van der Waals surface area (Å²) in [5.74, 6) is -0.0689. The summed E-state index contributed by atoms with van der Waals surface area (Å²) < 4.78 is 40.2. The first-order valence-electron chi connectivity index (χ1n) is 10.2. The van der Waals surface area contributed by atoms with E-state index < -0.39 is 9.84 Å². The molecular formula is C22H24FN5O3S. The van der Waals surface area contributed by atoms with Crippen LogP contribution < -0.4 is 5.32 Å². The van der Waals surface area contributed by atoms with Crippen LogP contribution in [-0.4, -0.2) is 45.4 Å². The van der Waals surface area contributed by atoms with E-state index in [-0.39, 0.29) is 29.3 Å². The third-order valence-corrected chi connectivity index (χ3v) is 7.23. The molecule has 4 rings (SSSR count). The Hall–Kier alpha value is -3.27. The fraction of sp³-hybridized carbons (Fsp3) is 0.318. The monoisotopic (exact) mass is 457 g/mol. The summed E-state index contributed by atoms with van der Waals surface area (Å²) in [7, 11) is -3.08. The average molecular weight is 458 g/mol. The lowest BCUT2D eigenvalue weighted by Gasteiger charge is -2.13. The molecule has 0 radical (unpaired) electrons. The molecule has 1 saturated heterocycles. The van der Waals surface area contributed by atoms with Crippen LogP contribution in [-0.2, 0) is 14.6 Å². The Morgan fingerprint density at radius 3 is 2.56 bits per heavy atom. The second kappa shape index (κ2) is 8.34. The lowest BCUT2D eigenvalue weighted by Crippen LogP contribution is -2.18. The van der Waals surface area contributed by atoms with Crippen molar-refractivity contribution in [2.75, 3.05) is 16.8 Å². The van der Waals surface area contributed by atoms with Crippen LogP contribution in [0.5, 0.6) is 0 Å². The highest BCUT2D eigenvalue weighted by molar-refractivity contribution is 7.91. The van der Waals surface area contributed by atoms with Crippen LogP contribution in [0.1, 0.15) is 35.1 Å². The summed E-state index contributed by atoms with van der Waals surface area (Å²) in [5, 5.41) is 11.7. The predicted octanol–water partition coefficient (Wildman–Crippen LogP) is 3.14. The van der Waals surface area contributed by atoms with E-state index in [1.54, 1.807) is 40.6 Å². The first-order chi connectivity index (χ1) is 15.1. The van der Waals surface area contributed by atoms with E-state index in [4.69, 9.17) is 0 Å². The quantitative estimate of drug-likeness (QED) is 0.594. The van der Waals surface area contributed by atoms with Crippen LogP contribution in [0.2, 0.25) is 0 Å². The van der Waals surface area contributed by atoms with Crippen LogP contribution in [0.3, 0.4) is 0 Å². The summed E-state index contributed by atoms with van der Waals surface area (Å²) in [5.41, 5.74) is 3.75. The van der Waals surface area contributed by atoms with E-state index in [0.717, 1.165) is 22.6 Å². The molecule has 0 bridgehead atoms. The smallest absolute Gasteiger partial charge is 0.249 e. The molecular weight excluding hydrogens is 433 g/mol. The second-order valence-electron chi connectivity index (χ2n) is 7.97. The number of amides is 1. The Morgan fingerprint density at radius 1 is 1.19 bits per heavy atom. The van der Waals surface area contributed by atoms with E-state index in [1.165, 1.54) is 18.2 Å². The molecule has 0 spiro atoms. The average Bonchev–Trinajstić information content (AvgIpc) is 3.36. The standard InChI is InChI=1S/C22H24FN5O3S/c1-14-12-21(28(25-14)19-10-11-32(30,31)13-19)24-22(29)9-8-20-15(2)26-27(16(20)3)18-6-4-17(23)5-7-18/h4-9,12,19H,10-11,13H2,1-3H3,(H,24,29)/b9-8+. The number of nitrogens with one attached hydrogen (secondary N) is 1. The zero-order valence-corrected chi connectivity index (χ0v) is 18.9. The number of carbonyl (C=O) groups is 1. The highest BCUT2D eigenvalue weighted by atomic mass is 32.2. The van der Waals surface area contributed by atoms with Gasteiger partial charge in [0.15, 0.2) is 9.84 Å². The van der Waals surface area contributed by atoms with Gasteiger partial charge >= 0.3 is 0 Å². The summed E-state index contributed by atoms with van der Waals surface area (Å²) >= 11 is 0. The number of anilines is 1. The number of rotatable bonds is 5. The number of aromatic nitrogens is 4. The molecule has 1 fully saturated rings. The Morgan fingerprint density at radius 2 is 1.91 bits per heavy atom. The predicted molar refractivity (Wildman–Crippen MR) is 120 cm³/mol. The minimum atomic E-state index is -3.08. The number of halogens is 1. The minimum Gasteiger partial charge on any atom is -0.307 e. The number of hydrogen-bond donors (Lipinski definition) is 1. The highest BCUT2D eigenvalue weighted by Crippen LogP contribution is 2.27. The molecule has 2 aromatic heterocycles. The number of carbonyl (C=O) groups excluding carboxylic acids is 1. The number of sulfone groups is 1. The Kier molecular flexibility index (Phi) is 5.72. The third kappa shape index (κ3) is 4.50. The molecule has 10 heteroatoms. The molecule has 1 aliphatic rings. The third-order valence-electron chi connectivity index (χ3n) is 5.48. The molecule has 1 unspecified atom stereocenters. The summed E-state index contributed by atoms with van der Waals surface area (Å²) in [6.45, 7) is 5.51. The number of nitrogens with zero attached hydrogens (tertiary/aromatic N) is 4. The van der Waals surface area contributed by atoms with Crippen molar-refractivity contribution >= 4 is 27.6 Å². The van der Waals surface area contributed by atoms with Crippen molar-refractivity contribution in [2.24, 2.45) is 0 Å². The van der Waals surface area contributed by atoms with Gasteiger partial charge in [0.25, 0.3) is 0 Å². The zero-order chi connectivity index (χ0) is 23.0. The summed E-state index contributed by atoms with van der Waals surface area (Å²) in [6, 6.07) is 7.46. The highest BCUT2D eigenvalue weighted by Gasteiger charge is 2.31. The van der Waals surface area contributed by atoms with Gasteiger partial charge < -0.3 is 5.32 Å². The lowest BCUT2D eigenvalue weighted by atomic mass is 10.2. The molecule has 0 saturated carbocycles. The summed E-state index contributed by atoms with van der Waals surface area (Å²) in [6.07, 6.45) is 3.56. The van der Waals surface area contributed by atoms with Crippen molar-refractivity contribution < 1.29 is 17.6 Å². The van der Waals surface area contributed by atoms with Crippen LogP contribution in [0, 0.1) is 26.6 Å². The van der Waals surface area contributed by atoms with Gasteiger partial charge in [-0.1, -0.05) is 0 Å². The van der Waals surface area contributed by atoms with Crippen molar-refractivity contribution in [3.8, 4) is 5.69 Å². The molecule has 32 heavy (non-hydrogen) atoms. The van der Waals surface area contributed by atoms with Gasteiger partial charge in [-0.25, -0.2) is 22.2 Å². The Labute approximate surface area is 185 Å². The molecule has 1 atom stereocenters. The van der Waals surface area contributed by atoms with E-state index in [2.05, 4.69) is 15.5 Å².